The number of aromatic nitrogens is 2. The Kier molecular flexibility index (Phi) is 3.06. The summed E-state index contributed by atoms with van der Waals surface area (Å²) in [6, 6.07) is 14.2. The number of ether oxygens (including phenoxy) is 2. The van der Waals surface area contributed by atoms with Crippen molar-refractivity contribution in [2.45, 2.75) is 6.42 Å². The summed E-state index contributed by atoms with van der Waals surface area (Å²) >= 11 is 3.48. The largest absolute Gasteiger partial charge is 0.454 e. The summed E-state index contributed by atoms with van der Waals surface area (Å²) < 4.78 is 13.9. The smallest absolute Gasteiger partial charge is 0.231 e. The van der Waals surface area contributed by atoms with Gasteiger partial charge in [0.1, 0.15) is 5.82 Å². The van der Waals surface area contributed by atoms with Gasteiger partial charge >= 0.3 is 0 Å². The van der Waals surface area contributed by atoms with E-state index in [2.05, 4.69) is 33.4 Å². The second-order valence-corrected chi connectivity index (χ2v) is 6.72. The summed E-state index contributed by atoms with van der Waals surface area (Å²) in [5, 5.41) is 8.33. The molecule has 0 radical (unpaired) electrons. The first kappa shape index (κ1) is 13.9. The molecule has 0 saturated carbocycles. The molecule has 120 valence electrons. The third-order valence-electron chi connectivity index (χ3n) is 4.37. The molecule has 0 bridgehead atoms. The van der Waals surface area contributed by atoms with E-state index in [0.29, 0.717) is 0 Å². The first-order chi connectivity index (χ1) is 11.8. The Morgan fingerprint density at radius 1 is 1.04 bits per heavy atom. The van der Waals surface area contributed by atoms with Crippen LogP contribution < -0.4 is 14.8 Å². The van der Waals surface area contributed by atoms with Gasteiger partial charge in [0.2, 0.25) is 6.79 Å². The zero-order chi connectivity index (χ0) is 16.1. The minimum atomic E-state index is 0.284. The molecule has 0 spiro atoms. The van der Waals surface area contributed by atoms with Gasteiger partial charge in [0.15, 0.2) is 11.5 Å². The van der Waals surface area contributed by atoms with Gasteiger partial charge in [-0.2, -0.15) is 5.10 Å². The van der Waals surface area contributed by atoms with Crippen LogP contribution in [0.15, 0.2) is 46.9 Å². The summed E-state index contributed by atoms with van der Waals surface area (Å²) in [4.78, 5) is 0. The molecule has 1 aromatic heterocycles. The van der Waals surface area contributed by atoms with Crippen LogP contribution in [0, 0.1) is 0 Å². The van der Waals surface area contributed by atoms with Crippen molar-refractivity contribution in [1.82, 2.24) is 9.78 Å². The molecule has 3 heterocycles. The molecular formula is C18H14BrN3O2. The number of nitrogens with zero attached hydrogens (tertiary/aromatic N) is 2. The van der Waals surface area contributed by atoms with Gasteiger partial charge in [0.05, 0.1) is 11.4 Å². The topological polar surface area (TPSA) is 48.3 Å². The number of anilines is 1. The SMILES string of the molecule is Brc1ccc(-n2nc(-c3ccc4c(c3)OCO4)c3c2NCC3)cc1. The maximum atomic E-state index is 5.51. The second-order valence-electron chi connectivity index (χ2n) is 5.81. The fourth-order valence-electron chi connectivity index (χ4n) is 3.22. The Morgan fingerprint density at radius 3 is 2.75 bits per heavy atom. The highest BCUT2D eigenvalue weighted by Gasteiger charge is 2.25. The van der Waals surface area contributed by atoms with E-state index >= 15 is 0 Å². The van der Waals surface area contributed by atoms with E-state index in [1.807, 2.05) is 35.0 Å². The molecule has 0 fully saturated rings. The van der Waals surface area contributed by atoms with Gasteiger partial charge < -0.3 is 14.8 Å². The molecule has 5 nitrogen and oxygen atoms in total. The van der Waals surface area contributed by atoms with Gasteiger partial charge in [-0.25, -0.2) is 4.68 Å². The molecular weight excluding hydrogens is 370 g/mol. The minimum absolute atomic E-state index is 0.284. The molecule has 0 amide bonds. The lowest BCUT2D eigenvalue weighted by Crippen LogP contribution is -2.04. The zero-order valence-corrected chi connectivity index (χ0v) is 14.3. The standard InChI is InChI=1S/C18H14BrN3O2/c19-12-2-4-13(5-3-12)22-18-14(7-8-20-18)17(21-22)11-1-6-15-16(9-11)24-10-23-15/h1-6,9,20H,7-8,10H2. The van der Waals surface area contributed by atoms with Gasteiger partial charge in [-0.1, -0.05) is 15.9 Å². The van der Waals surface area contributed by atoms with Crippen LogP contribution in [0.5, 0.6) is 11.5 Å². The monoisotopic (exact) mass is 383 g/mol. The van der Waals surface area contributed by atoms with Crippen LogP contribution in [-0.4, -0.2) is 23.1 Å². The molecule has 5 rings (SSSR count). The van der Waals surface area contributed by atoms with Gasteiger partial charge in [-0.05, 0) is 48.9 Å². The average Bonchev–Trinajstić information content (AvgIpc) is 3.31. The van der Waals surface area contributed by atoms with E-state index in [4.69, 9.17) is 14.6 Å². The summed E-state index contributed by atoms with van der Waals surface area (Å²) in [5.41, 5.74) is 4.33. The molecule has 0 atom stereocenters. The highest BCUT2D eigenvalue weighted by atomic mass is 79.9. The Hall–Kier alpha value is -2.47. The van der Waals surface area contributed by atoms with Crippen molar-refractivity contribution in [1.29, 1.82) is 0 Å². The number of halogens is 1. The van der Waals surface area contributed by atoms with Gasteiger partial charge in [-0.3, -0.25) is 0 Å². The summed E-state index contributed by atoms with van der Waals surface area (Å²) in [6.45, 7) is 1.22. The van der Waals surface area contributed by atoms with Crippen LogP contribution in [0.1, 0.15) is 5.56 Å². The van der Waals surface area contributed by atoms with Crippen molar-refractivity contribution < 1.29 is 9.47 Å². The third kappa shape index (κ3) is 2.10. The Labute approximate surface area is 147 Å². The molecule has 0 aliphatic carbocycles. The van der Waals surface area contributed by atoms with Crippen LogP contribution in [0.4, 0.5) is 5.82 Å². The van der Waals surface area contributed by atoms with E-state index in [0.717, 1.165) is 51.7 Å². The Balaban J connectivity index is 1.65. The van der Waals surface area contributed by atoms with Gasteiger partial charge in [-0.15, -0.1) is 0 Å². The number of rotatable bonds is 2. The van der Waals surface area contributed by atoms with E-state index < -0.39 is 0 Å². The molecule has 2 aliphatic heterocycles. The predicted molar refractivity (Wildman–Crippen MR) is 95.0 cm³/mol. The second kappa shape index (κ2) is 5.27. The average molecular weight is 384 g/mol. The number of benzene rings is 2. The van der Waals surface area contributed by atoms with Crippen molar-refractivity contribution >= 4 is 21.7 Å². The van der Waals surface area contributed by atoms with Crippen molar-refractivity contribution in [3.8, 4) is 28.4 Å². The van der Waals surface area contributed by atoms with Crippen LogP contribution in [0.3, 0.4) is 0 Å². The lowest BCUT2D eigenvalue weighted by molar-refractivity contribution is 0.174. The quantitative estimate of drug-likeness (QED) is 0.726. The third-order valence-corrected chi connectivity index (χ3v) is 4.90. The fourth-order valence-corrected chi connectivity index (χ4v) is 3.48. The first-order valence-electron chi connectivity index (χ1n) is 7.81. The summed E-state index contributed by atoms with van der Waals surface area (Å²) in [5.74, 6) is 2.65. The van der Waals surface area contributed by atoms with Crippen molar-refractivity contribution in [3.05, 3.63) is 52.5 Å². The Morgan fingerprint density at radius 2 is 1.88 bits per heavy atom. The highest BCUT2D eigenvalue weighted by Crippen LogP contribution is 2.39. The lowest BCUT2D eigenvalue weighted by Gasteiger charge is -2.06. The van der Waals surface area contributed by atoms with Crippen LogP contribution in [0.25, 0.3) is 16.9 Å². The van der Waals surface area contributed by atoms with Gasteiger partial charge in [0.25, 0.3) is 0 Å². The molecule has 24 heavy (non-hydrogen) atoms. The van der Waals surface area contributed by atoms with E-state index in [1.54, 1.807) is 0 Å². The summed E-state index contributed by atoms with van der Waals surface area (Å²) in [7, 11) is 0. The van der Waals surface area contributed by atoms with E-state index in [-0.39, 0.29) is 6.79 Å². The molecule has 6 heteroatoms. The molecule has 0 saturated heterocycles. The van der Waals surface area contributed by atoms with Crippen LogP contribution in [-0.2, 0) is 6.42 Å². The number of hydrogen-bond acceptors (Lipinski definition) is 4. The Bertz CT molecular complexity index is 934. The number of hydrogen-bond donors (Lipinski definition) is 1. The number of nitrogens with one attached hydrogen (secondary N) is 1. The fraction of sp³-hybridized carbons (Fsp3) is 0.167. The van der Waals surface area contributed by atoms with Crippen LogP contribution >= 0.6 is 15.9 Å². The molecule has 1 N–H and O–H groups in total. The molecule has 2 aromatic carbocycles. The first-order valence-corrected chi connectivity index (χ1v) is 8.60. The molecule has 3 aromatic rings. The summed E-state index contributed by atoms with van der Waals surface area (Å²) in [6.07, 6.45) is 0.968. The maximum absolute atomic E-state index is 5.51. The molecule has 0 unspecified atom stereocenters. The van der Waals surface area contributed by atoms with E-state index in [9.17, 15) is 0 Å². The lowest BCUT2D eigenvalue weighted by atomic mass is 10.1. The predicted octanol–water partition coefficient (Wildman–Crippen LogP) is 4.00. The van der Waals surface area contributed by atoms with Crippen molar-refractivity contribution in [2.75, 3.05) is 18.7 Å². The zero-order valence-electron chi connectivity index (χ0n) is 12.8. The number of fused-ring (bicyclic) bond motifs is 2. The molecule has 2 aliphatic rings. The van der Waals surface area contributed by atoms with Crippen molar-refractivity contribution in [3.63, 3.8) is 0 Å². The van der Waals surface area contributed by atoms with Crippen LogP contribution in [0.2, 0.25) is 0 Å². The van der Waals surface area contributed by atoms with E-state index in [1.165, 1.54) is 5.56 Å². The minimum Gasteiger partial charge on any atom is -0.454 e. The van der Waals surface area contributed by atoms with Crippen molar-refractivity contribution in [2.24, 2.45) is 0 Å². The highest BCUT2D eigenvalue weighted by molar-refractivity contribution is 9.10. The normalized spacial score (nSPS) is 14.5. The van der Waals surface area contributed by atoms with Gasteiger partial charge in [0, 0.05) is 22.1 Å². The maximum Gasteiger partial charge on any atom is 0.231 e.